The van der Waals surface area contributed by atoms with E-state index in [0.717, 1.165) is 35.8 Å². The quantitative estimate of drug-likeness (QED) is 0.132. The molecule has 41 heavy (non-hydrogen) atoms. The van der Waals surface area contributed by atoms with Gasteiger partial charge in [-0.2, -0.15) is 0 Å². The maximum Gasteiger partial charge on any atom is 0.227 e. The summed E-state index contributed by atoms with van der Waals surface area (Å²) in [6.45, 7) is 6.23. The first-order valence-corrected chi connectivity index (χ1v) is 16.9. The highest BCUT2D eigenvalue weighted by molar-refractivity contribution is 8.93. The summed E-state index contributed by atoms with van der Waals surface area (Å²) >= 11 is 8.39. The molecular formula is C34H50BrClN2O2S. The van der Waals surface area contributed by atoms with Gasteiger partial charge < -0.3 is 14.5 Å². The zero-order valence-electron chi connectivity index (χ0n) is 25.1. The summed E-state index contributed by atoms with van der Waals surface area (Å²) < 4.78 is 5.99. The van der Waals surface area contributed by atoms with Crippen LogP contribution in [0.15, 0.2) is 54.1 Å². The van der Waals surface area contributed by atoms with Crippen molar-refractivity contribution in [1.82, 2.24) is 4.90 Å². The number of rotatable bonds is 20. The van der Waals surface area contributed by atoms with Crippen LogP contribution in [0, 0.1) is 0 Å². The smallest absolute Gasteiger partial charge is 0.227 e. The van der Waals surface area contributed by atoms with E-state index in [-0.39, 0.29) is 22.9 Å². The molecule has 228 valence electrons. The van der Waals surface area contributed by atoms with Gasteiger partial charge in [-0.05, 0) is 47.2 Å². The Morgan fingerprint density at radius 3 is 2.05 bits per heavy atom. The lowest BCUT2D eigenvalue weighted by Gasteiger charge is -2.24. The van der Waals surface area contributed by atoms with Gasteiger partial charge in [0.25, 0.3) is 0 Å². The normalized spacial score (nSPS) is 12.4. The summed E-state index contributed by atoms with van der Waals surface area (Å²) in [5.74, 6) is 1.80. The number of unbranched alkanes of at least 4 members (excludes halogenated alkanes) is 11. The second-order valence-electron chi connectivity index (χ2n) is 10.8. The van der Waals surface area contributed by atoms with Crippen molar-refractivity contribution in [3.63, 3.8) is 0 Å². The van der Waals surface area contributed by atoms with Crippen molar-refractivity contribution in [1.29, 1.82) is 0 Å². The Bertz CT molecular complexity index is 1030. The second kappa shape index (κ2) is 21.1. The Hall–Kier alpha value is -1.63. The number of hydrogen-bond acceptors (Lipinski definition) is 4. The van der Waals surface area contributed by atoms with Crippen LogP contribution in [0.5, 0.6) is 5.75 Å². The van der Waals surface area contributed by atoms with Crippen molar-refractivity contribution in [3.8, 4) is 5.75 Å². The van der Waals surface area contributed by atoms with Gasteiger partial charge in [-0.25, -0.2) is 0 Å². The first-order chi connectivity index (χ1) is 19.6. The molecule has 3 rings (SSSR count). The zero-order chi connectivity index (χ0) is 28.4. The summed E-state index contributed by atoms with van der Waals surface area (Å²) in [5.41, 5.74) is 3.13. The number of thioether (sulfide) groups is 1. The minimum Gasteiger partial charge on any atom is -0.492 e. The van der Waals surface area contributed by atoms with Crippen LogP contribution in [0.25, 0.3) is 0 Å². The molecule has 7 heteroatoms. The van der Waals surface area contributed by atoms with E-state index in [4.69, 9.17) is 16.3 Å². The number of carbonyl (C=O) groups excluding carboxylic acids is 1. The molecule has 1 aliphatic rings. The number of benzene rings is 2. The Balaban J connectivity index is 0.00000588. The topological polar surface area (TPSA) is 32.8 Å². The van der Waals surface area contributed by atoms with E-state index in [1.54, 1.807) is 11.8 Å². The number of nitrogens with zero attached hydrogens (tertiary/aromatic N) is 2. The van der Waals surface area contributed by atoms with Crippen molar-refractivity contribution in [2.45, 2.75) is 110 Å². The first kappa shape index (κ1) is 35.6. The molecule has 0 bridgehead atoms. The monoisotopic (exact) mass is 664 g/mol. The Labute approximate surface area is 269 Å². The highest BCUT2D eigenvalue weighted by Crippen LogP contribution is 2.28. The van der Waals surface area contributed by atoms with Gasteiger partial charge in [0.1, 0.15) is 5.75 Å². The van der Waals surface area contributed by atoms with Crippen LogP contribution >= 0.6 is 40.3 Å². The summed E-state index contributed by atoms with van der Waals surface area (Å²) in [5, 5.41) is 2.73. The fraction of sp³-hybridized carbons (Fsp3) is 0.559. The lowest BCUT2D eigenvalue weighted by molar-refractivity contribution is -0.118. The van der Waals surface area contributed by atoms with Crippen LogP contribution in [-0.4, -0.2) is 23.3 Å². The largest absolute Gasteiger partial charge is 0.492 e. The van der Waals surface area contributed by atoms with Gasteiger partial charge in [0, 0.05) is 24.9 Å². The molecule has 0 unspecified atom stereocenters. The van der Waals surface area contributed by atoms with Gasteiger partial charge in [-0.15, -0.1) is 28.7 Å². The molecule has 0 spiro atoms. The number of carbonyl (C=O) groups is 1. The molecule has 0 N–H and O–H groups in total. The third kappa shape index (κ3) is 13.5. The molecule has 0 saturated heterocycles. The molecule has 0 aromatic heterocycles. The molecular weight excluding hydrogens is 616 g/mol. The van der Waals surface area contributed by atoms with Crippen LogP contribution in [0.2, 0.25) is 5.02 Å². The summed E-state index contributed by atoms with van der Waals surface area (Å²) in [7, 11) is 0. The highest BCUT2D eigenvalue weighted by atomic mass is 79.9. The van der Waals surface area contributed by atoms with Crippen LogP contribution in [0.1, 0.15) is 108 Å². The number of anilines is 1. The Kier molecular flexibility index (Phi) is 18.3. The van der Waals surface area contributed by atoms with Gasteiger partial charge in [0.05, 0.1) is 24.1 Å². The minimum atomic E-state index is 0. The third-order valence-electron chi connectivity index (χ3n) is 7.44. The Morgan fingerprint density at radius 1 is 0.878 bits per heavy atom. The molecule has 0 saturated carbocycles. The molecule has 1 amide bonds. The minimum absolute atomic E-state index is 0. The SMILES string of the molecule is Br.CCCCCCCCCCCCCCOc1ccc(CN(C(=O)CC)c2ccc(CN3C=CSC3)cc2)cc1Cl. The van der Waals surface area contributed by atoms with E-state index in [1.165, 1.54) is 76.2 Å². The van der Waals surface area contributed by atoms with Crippen molar-refractivity contribution in [2.24, 2.45) is 0 Å². The predicted molar refractivity (Wildman–Crippen MR) is 183 cm³/mol. The third-order valence-corrected chi connectivity index (χ3v) is 8.53. The predicted octanol–water partition coefficient (Wildman–Crippen LogP) is 10.9. The molecule has 2 aromatic carbocycles. The van der Waals surface area contributed by atoms with Crippen LogP contribution in [-0.2, 0) is 17.9 Å². The zero-order valence-corrected chi connectivity index (χ0v) is 28.4. The summed E-state index contributed by atoms with van der Waals surface area (Å²) in [6, 6.07) is 14.2. The van der Waals surface area contributed by atoms with E-state index in [0.29, 0.717) is 24.6 Å². The van der Waals surface area contributed by atoms with Crippen molar-refractivity contribution < 1.29 is 9.53 Å². The molecule has 4 nitrogen and oxygen atoms in total. The first-order valence-electron chi connectivity index (χ1n) is 15.4. The molecule has 1 heterocycles. The molecule has 0 fully saturated rings. The van der Waals surface area contributed by atoms with E-state index in [1.807, 2.05) is 42.2 Å². The number of hydrogen-bond donors (Lipinski definition) is 0. The fourth-order valence-electron chi connectivity index (χ4n) is 5.01. The van der Waals surface area contributed by atoms with Crippen molar-refractivity contribution in [2.75, 3.05) is 17.4 Å². The van der Waals surface area contributed by atoms with Gasteiger partial charge in [-0.1, -0.05) is 114 Å². The summed E-state index contributed by atoms with van der Waals surface area (Å²) in [4.78, 5) is 16.9. The lowest BCUT2D eigenvalue weighted by Crippen LogP contribution is -2.29. The fourth-order valence-corrected chi connectivity index (χ4v) is 5.98. The highest BCUT2D eigenvalue weighted by Gasteiger charge is 2.16. The lowest BCUT2D eigenvalue weighted by atomic mass is 10.1. The standard InChI is InChI=1S/C34H49ClN2O2S.BrH/c1-3-5-6-7-8-9-10-11-12-13-14-15-23-39-33-21-18-30(25-32(33)35)27-37(34(38)4-2)31-19-16-29(17-20-31)26-36-22-24-40-28-36;/h16-22,24-25H,3-15,23,26-28H2,1-2H3;1H. The second-order valence-corrected chi connectivity index (χ2v) is 12.1. The van der Waals surface area contributed by atoms with Gasteiger partial charge in [0.15, 0.2) is 0 Å². The molecule has 1 aliphatic heterocycles. The molecule has 0 radical (unpaired) electrons. The maximum atomic E-state index is 12.8. The van der Waals surface area contributed by atoms with E-state index in [9.17, 15) is 4.79 Å². The van der Waals surface area contributed by atoms with Gasteiger partial charge in [0.2, 0.25) is 5.91 Å². The summed E-state index contributed by atoms with van der Waals surface area (Å²) in [6.07, 6.45) is 18.5. The van der Waals surface area contributed by atoms with Crippen molar-refractivity contribution in [3.05, 3.63) is 70.2 Å². The average Bonchev–Trinajstić information content (AvgIpc) is 3.48. The molecule has 0 atom stereocenters. The van der Waals surface area contributed by atoms with E-state index in [2.05, 4.69) is 35.6 Å². The van der Waals surface area contributed by atoms with E-state index < -0.39 is 0 Å². The van der Waals surface area contributed by atoms with Crippen LogP contribution in [0.4, 0.5) is 5.69 Å². The maximum absolute atomic E-state index is 12.8. The molecule has 0 aliphatic carbocycles. The van der Waals surface area contributed by atoms with Crippen molar-refractivity contribution >= 4 is 51.9 Å². The number of ether oxygens (including phenoxy) is 1. The van der Waals surface area contributed by atoms with Gasteiger partial charge >= 0.3 is 0 Å². The number of halogens is 2. The Morgan fingerprint density at radius 2 is 1.49 bits per heavy atom. The van der Waals surface area contributed by atoms with Crippen LogP contribution < -0.4 is 9.64 Å². The van der Waals surface area contributed by atoms with Gasteiger partial charge in [-0.3, -0.25) is 4.79 Å². The van der Waals surface area contributed by atoms with E-state index >= 15 is 0 Å². The number of amides is 1. The molecule has 2 aromatic rings. The van der Waals surface area contributed by atoms with Crippen LogP contribution in [0.3, 0.4) is 0 Å². The average molecular weight is 666 g/mol.